The van der Waals surface area contributed by atoms with Crippen LogP contribution in [-0.4, -0.2) is 4.92 Å². The normalized spacial score (nSPS) is 13.2. The number of fused-ring (bicyclic) bond motifs is 1. The standard InChI is InChI=1S/C15H11ClN2O2/c16-13-2-1-3-14(9-13)17-7-6-11-4-5-15(18(19)20)8-12(11)10-17/h1-9H,10H2. The number of non-ortho nitro benzene ring substituents is 1. The first kappa shape index (κ1) is 12.7. The Hall–Kier alpha value is -2.33. The molecule has 5 heteroatoms. The molecule has 0 bridgehead atoms. The van der Waals surface area contributed by atoms with Crippen molar-refractivity contribution in [2.45, 2.75) is 6.54 Å². The molecule has 4 nitrogen and oxygen atoms in total. The molecule has 0 radical (unpaired) electrons. The lowest BCUT2D eigenvalue weighted by Gasteiger charge is -2.25. The summed E-state index contributed by atoms with van der Waals surface area (Å²) in [7, 11) is 0. The number of benzene rings is 2. The maximum Gasteiger partial charge on any atom is 0.269 e. The van der Waals surface area contributed by atoms with Crippen LogP contribution in [0.25, 0.3) is 6.08 Å². The Morgan fingerprint density at radius 3 is 2.80 bits per heavy atom. The van der Waals surface area contributed by atoms with Crippen molar-refractivity contribution < 1.29 is 4.92 Å². The third-order valence-corrected chi connectivity index (χ3v) is 3.49. The molecule has 0 aromatic heterocycles. The van der Waals surface area contributed by atoms with E-state index in [2.05, 4.69) is 0 Å². The Morgan fingerprint density at radius 2 is 2.05 bits per heavy atom. The highest BCUT2D eigenvalue weighted by atomic mass is 35.5. The van der Waals surface area contributed by atoms with Crippen molar-refractivity contribution in [3.63, 3.8) is 0 Å². The summed E-state index contributed by atoms with van der Waals surface area (Å²) in [6.07, 6.45) is 3.91. The maximum absolute atomic E-state index is 10.8. The fourth-order valence-corrected chi connectivity index (χ4v) is 2.43. The molecule has 0 spiro atoms. The zero-order chi connectivity index (χ0) is 14.1. The molecule has 2 aromatic carbocycles. The SMILES string of the molecule is O=[N+]([O-])c1ccc2c(c1)CN(c1cccc(Cl)c1)C=C2. The number of rotatable bonds is 2. The highest BCUT2D eigenvalue weighted by Gasteiger charge is 2.16. The summed E-state index contributed by atoms with van der Waals surface area (Å²) in [5.74, 6) is 0. The maximum atomic E-state index is 10.8. The van der Waals surface area contributed by atoms with Crippen LogP contribution in [0.2, 0.25) is 5.02 Å². The van der Waals surface area contributed by atoms with E-state index in [1.54, 1.807) is 12.1 Å². The van der Waals surface area contributed by atoms with Crippen LogP contribution < -0.4 is 4.90 Å². The highest BCUT2D eigenvalue weighted by molar-refractivity contribution is 6.30. The number of hydrogen-bond donors (Lipinski definition) is 0. The van der Waals surface area contributed by atoms with Crippen LogP contribution in [0, 0.1) is 10.1 Å². The third-order valence-electron chi connectivity index (χ3n) is 3.25. The molecular formula is C15H11ClN2O2. The predicted octanol–water partition coefficient (Wildman–Crippen LogP) is 4.24. The molecule has 1 heterocycles. The molecule has 0 amide bonds. The van der Waals surface area contributed by atoms with Crippen LogP contribution >= 0.6 is 11.6 Å². The summed E-state index contributed by atoms with van der Waals surface area (Å²) < 4.78 is 0. The average molecular weight is 287 g/mol. The molecule has 20 heavy (non-hydrogen) atoms. The summed E-state index contributed by atoms with van der Waals surface area (Å²) in [5, 5.41) is 11.5. The number of halogens is 1. The van der Waals surface area contributed by atoms with E-state index in [0.29, 0.717) is 11.6 Å². The van der Waals surface area contributed by atoms with E-state index < -0.39 is 0 Å². The Balaban J connectivity index is 1.95. The van der Waals surface area contributed by atoms with E-state index >= 15 is 0 Å². The molecule has 0 atom stereocenters. The van der Waals surface area contributed by atoms with Gasteiger partial charge in [0.1, 0.15) is 0 Å². The Kier molecular flexibility index (Phi) is 3.16. The van der Waals surface area contributed by atoms with E-state index in [9.17, 15) is 10.1 Å². The van der Waals surface area contributed by atoms with Gasteiger partial charge in [0.15, 0.2) is 0 Å². The summed E-state index contributed by atoms with van der Waals surface area (Å²) in [4.78, 5) is 12.5. The fraction of sp³-hybridized carbons (Fsp3) is 0.0667. The Labute approximate surface area is 121 Å². The quantitative estimate of drug-likeness (QED) is 0.613. The third kappa shape index (κ3) is 2.38. The van der Waals surface area contributed by atoms with Gasteiger partial charge in [0.2, 0.25) is 0 Å². The minimum atomic E-state index is -0.373. The molecule has 1 aliphatic rings. The highest BCUT2D eigenvalue weighted by Crippen LogP contribution is 2.28. The summed E-state index contributed by atoms with van der Waals surface area (Å²) >= 11 is 5.99. The molecule has 0 fully saturated rings. The van der Waals surface area contributed by atoms with Crippen molar-refractivity contribution in [3.05, 3.63) is 74.9 Å². The van der Waals surface area contributed by atoms with Crippen molar-refractivity contribution in [1.29, 1.82) is 0 Å². The first-order valence-electron chi connectivity index (χ1n) is 6.11. The first-order chi connectivity index (χ1) is 9.63. The minimum absolute atomic E-state index is 0.116. The number of anilines is 1. The minimum Gasteiger partial charge on any atom is -0.343 e. The lowest BCUT2D eigenvalue weighted by atomic mass is 10.0. The Morgan fingerprint density at radius 1 is 1.20 bits per heavy atom. The predicted molar refractivity (Wildman–Crippen MR) is 79.8 cm³/mol. The van der Waals surface area contributed by atoms with Gasteiger partial charge in [-0.25, -0.2) is 0 Å². The van der Waals surface area contributed by atoms with E-state index in [0.717, 1.165) is 16.8 Å². The van der Waals surface area contributed by atoms with Gasteiger partial charge in [-0.15, -0.1) is 0 Å². The zero-order valence-corrected chi connectivity index (χ0v) is 11.2. The van der Waals surface area contributed by atoms with Gasteiger partial charge >= 0.3 is 0 Å². The van der Waals surface area contributed by atoms with Gasteiger partial charge < -0.3 is 4.90 Å². The molecule has 0 unspecified atom stereocenters. The molecule has 0 saturated carbocycles. The summed E-state index contributed by atoms with van der Waals surface area (Å²) in [6, 6.07) is 12.5. The van der Waals surface area contributed by atoms with Crippen LogP contribution in [0.15, 0.2) is 48.7 Å². The van der Waals surface area contributed by atoms with Gasteiger partial charge in [0, 0.05) is 35.6 Å². The fourth-order valence-electron chi connectivity index (χ4n) is 2.24. The van der Waals surface area contributed by atoms with Gasteiger partial charge in [0.05, 0.1) is 4.92 Å². The molecular weight excluding hydrogens is 276 g/mol. The van der Waals surface area contributed by atoms with Crippen LogP contribution in [0.3, 0.4) is 0 Å². The average Bonchev–Trinajstić information content (AvgIpc) is 2.46. The number of hydrogen-bond acceptors (Lipinski definition) is 3. The second-order valence-electron chi connectivity index (χ2n) is 4.56. The topological polar surface area (TPSA) is 46.4 Å². The van der Waals surface area contributed by atoms with Gasteiger partial charge in [0.25, 0.3) is 5.69 Å². The summed E-state index contributed by atoms with van der Waals surface area (Å²) in [6.45, 7) is 0.591. The second kappa shape index (κ2) is 4.98. The van der Waals surface area contributed by atoms with E-state index in [1.165, 1.54) is 6.07 Å². The van der Waals surface area contributed by atoms with E-state index in [4.69, 9.17) is 11.6 Å². The largest absolute Gasteiger partial charge is 0.343 e. The van der Waals surface area contributed by atoms with Crippen molar-refractivity contribution >= 4 is 29.1 Å². The van der Waals surface area contributed by atoms with Crippen LogP contribution in [0.5, 0.6) is 0 Å². The van der Waals surface area contributed by atoms with Gasteiger partial charge in [-0.2, -0.15) is 0 Å². The molecule has 3 rings (SSSR count). The lowest BCUT2D eigenvalue weighted by Crippen LogP contribution is -2.19. The van der Waals surface area contributed by atoms with Crippen molar-refractivity contribution in [3.8, 4) is 0 Å². The van der Waals surface area contributed by atoms with E-state index in [-0.39, 0.29) is 10.6 Å². The van der Waals surface area contributed by atoms with Crippen molar-refractivity contribution in [2.75, 3.05) is 4.90 Å². The molecule has 100 valence electrons. The molecule has 1 aliphatic heterocycles. The number of nitrogens with zero attached hydrogens (tertiary/aromatic N) is 2. The van der Waals surface area contributed by atoms with Crippen molar-refractivity contribution in [1.82, 2.24) is 0 Å². The van der Waals surface area contributed by atoms with Gasteiger partial charge in [-0.1, -0.05) is 17.7 Å². The number of nitro benzene ring substituents is 1. The Bertz CT molecular complexity index is 713. The molecule has 0 saturated heterocycles. The summed E-state index contributed by atoms with van der Waals surface area (Å²) in [5.41, 5.74) is 3.02. The zero-order valence-electron chi connectivity index (χ0n) is 10.5. The monoisotopic (exact) mass is 286 g/mol. The van der Waals surface area contributed by atoms with Crippen LogP contribution in [0.1, 0.15) is 11.1 Å². The van der Waals surface area contributed by atoms with Crippen LogP contribution in [-0.2, 0) is 6.54 Å². The first-order valence-corrected chi connectivity index (χ1v) is 6.49. The van der Waals surface area contributed by atoms with Gasteiger partial charge in [-0.3, -0.25) is 10.1 Å². The van der Waals surface area contributed by atoms with E-state index in [1.807, 2.05) is 41.4 Å². The molecule has 0 aliphatic carbocycles. The lowest BCUT2D eigenvalue weighted by molar-refractivity contribution is -0.384. The smallest absolute Gasteiger partial charge is 0.269 e. The number of nitro groups is 1. The molecule has 2 aromatic rings. The van der Waals surface area contributed by atoms with Crippen molar-refractivity contribution in [2.24, 2.45) is 0 Å². The molecule has 0 N–H and O–H groups in total. The van der Waals surface area contributed by atoms with Gasteiger partial charge in [-0.05, 0) is 41.5 Å². The van der Waals surface area contributed by atoms with Crippen LogP contribution in [0.4, 0.5) is 11.4 Å². The second-order valence-corrected chi connectivity index (χ2v) is 5.00.